The molecule has 8 nitrogen and oxygen atoms in total. The molecule has 1 aromatic carbocycles. The maximum absolute atomic E-state index is 13.0. The van der Waals surface area contributed by atoms with Crippen molar-refractivity contribution in [2.75, 3.05) is 44.2 Å². The molecule has 166 valence electrons. The molecule has 0 spiro atoms. The summed E-state index contributed by atoms with van der Waals surface area (Å²) in [4.78, 5) is 28.8. The predicted molar refractivity (Wildman–Crippen MR) is 114 cm³/mol. The first-order chi connectivity index (χ1) is 14.2. The zero-order valence-corrected chi connectivity index (χ0v) is 18.9. The van der Waals surface area contributed by atoms with E-state index in [0.717, 1.165) is 6.42 Å². The van der Waals surface area contributed by atoms with Crippen LogP contribution in [0.3, 0.4) is 0 Å². The molecule has 0 bridgehead atoms. The second kappa shape index (κ2) is 8.93. The molecule has 0 aromatic heterocycles. The second-order valence-electron chi connectivity index (χ2n) is 8.23. The molecule has 0 radical (unpaired) electrons. The third-order valence-electron chi connectivity index (χ3n) is 5.73. The molecule has 0 N–H and O–H groups in total. The number of anilines is 1. The van der Waals surface area contributed by atoms with Gasteiger partial charge in [0.1, 0.15) is 12.3 Å². The van der Waals surface area contributed by atoms with E-state index in [0.29, 0.717) is 49.5 Å². The summed E-state index contributed by atoms with van der Waals surface area (Å²) in [7, 11) is -3.69. The fourth-order valence-electron chi connectivity index (χ4n) is 4.33. The number of nitrogens with zero attached hydrogens (tertiary/aromatic N) is 3. The van der Waals surface area contributed by atoms with Gasteiger partial charge in [0.15, 0.2) is 6.61 Å². The normalized spacial score (nSPS) is 22.1. The molecule has 2 aliphatic rings. The van der Waals surface area contributed by atoms with Crippen LogP contribution < -0.4 is 9.64 Å². The van der Waals surface area contributed by atoms with Crippen molar-refractivity contribution >= 4 is 27.5 Å². The largest absolute Gasteiger partial charge is 0.482 e. The molecule has 2 amide bonds. The van der Waals surface area contributed by atoms with E-state index in [9.17, 15) is 18.0 Å². The Balaban J connectivity index is 1.89. The van der Waals surface area contributed by atoms with Crippen molar-refractivity contribution in [1.29, 1.82) is 0 Å². The maximum Gasteiger partial charge on any atom is 0.265 e. The van der Waals surface area contributed by atoms with Crippen molar-refractivity contribution in [2.45, 2.75) is 39.0 Å². The summed E-state index contributed by atoms with van der Waals surface area (Å²) in [5.41, 5.74) is 0.325. The minimum absolute atomic E-state index is 0.0842. The number of carbonyl (C=O) groups is 2. The van der Waals surface area contributed by atoms with Gasteiger partial charge >= 0.3 is 0 Å². The van der Waals surface area contributed by atoms with Crippen molar-refractivity contribution in [1.82, 2.24) is 9.21 Å². The molecule has 30 heavy (non-hydrogen) atoms. The highest BCUT2D eigenvalue weighted by molar-refractivity contribution is 7.89. The number of likely N-dealkylation sites (tertiary alicyclic amines) is 1. The van der Waals surface area contributed by atoms with Crippen molar-refractivity contribution in [3.8, 4) is 5.75 Å². The van der Waals surface area contributed by atoms with Crippen LogP contribution in [-0.4, -0.2) is 68.8 Å². The van der Waals surface area contributed by atoms with Crippen LogP contribution in [-0.2, 0) is 19.6 Å². The van der Waals surface area contributed by atoms with Crippen LogP contribution in [0.15, 0.2) is 23.1 Å². The van der Waals surface area contributed by atoms with Crippen molar-refractivity contribution < 1.29 is 22.7 Å². The summed E-state index contributed by atoms with van der Waals surface area (Å²) >= 11 is 0. The highest BCUT2D eigenvalue weighted by Gasteiger charge is 2.33. The Morgan fingerprint density at radius 3 is 2.40 bits per heavy atom. The van der Waals surface area contributed by atoms with Gasteiger partial charge in [-0.3, -0.25) is 14.5 Å². The van der Waals surface area contributed by atoms with Gasteiger partial charge < -0.3 is 9.64 Å². The fraction of sp³-hybridized carbons (Fsp3) is 0.619. The van der Waals surface area contributed by atoms with Gasteiger partial charge in [-0.05, 0) is 36.5 Å². The number of piperidine rings is 1. The molecule has 0 aliphatic carbocycles. The molecule has 1 fully saturated rings. The first-order valence-corrected chi connectivity index (χ1v) is 12.0. The average molecular weight is 438 g/mol. The van der Waals surface area contributed by atoms with E-state index in [-0.39, 0.29) is 29.9 Å². The first kappa shape index (κ1) is 22.6. The Morgan fingerprint density at radius 2 is 1.80 bits per heavy atom. The summed E-state index contributed by atoms with van der Waals surface area (Å²) in [5.74, 6) is 0.742. The topological polar surface area (TPSA) is 87.2 Å². The number of hydrogen-bond acceptors (Lipinski definition) is 5. The Morgan fingerprint density at radius 1 is 1.17 bits per heavy atom. The number of sulfonamides is 1. The van der Waals surface area contributed by atoms with Gasteiger partial charge in [-0.15, -0.1) is 0 Å². The van der Waals surface area contributed by atoms with Gasteiger partial charge in [-0.1, -0.05) is 27.7 Å². The van der Waals surface area contributed by atoms with Crippen LogP contribution in [0.5, 0.6) is 5.75 Å². The monoisotopic (exact) mass is 437 g/mol. The second-order valence-corrected chi connectivity index (χ2v) is 10.2. The average Bonchev–Trinajstić information content (AvgIpc) is 2.69. The predicted octanol–water partition coefficient (Wildman–Crippen LogP) is 1.95. The van der Waals surface area contributed by atoms with E-state index >= 15 is 0 Å². The molecule has 2 aliphatic heterocycles. The van der Waals surface area contributed by atoms with Crippen LogP contribution >= 0.6 is 0 Å². The lowest BCUT2D eigenvalue weighted by atomic mass is 9.92. The Bertz CT molecular complexity index is 903. The lowest BCUT2D eigenvalue weighted by Gasteiger charge is -2.37. The van der Waals surface area contributed by atoms with Crippen LogP contribution in [0.4, 0.5) is 5.69 Å². The molecule has 0 unspecified atom stereocenters. The number of carbonyl (C=O) groups excluding carboxylic acids is 2. The van der Waals surface area contributed by atoms with Crippen LogP contribution in [0.25, 0.3) is 0 Å². The molecule has 9 heteroatoms. The minimum Gasteiger partial charge on any atom is -0.482 e. The van der Waals surface area contributed by atoms with Crippen molar-refractivity contribution in [3.05, 3.63) is 18.2 Å². The third-order valence-corrected chi connectivity index (χ3v) is 7.78. The van der Waals surface area contributed by atoms with Gasteiger partial charge in [0.05, 0.1) is 10.6 Å². The zero-order chi connectivity index (χ0) is 22.1. The van der Waals surface area contributed by atoms with E-state index in [1.54, 1.807) is 24.8 Å². The smallest absolute Gasteiger partial charge is 0.265 e. The number of benzene rings is 1. The number of fused-ring (bicyclic) bond motifs is 1. The van der Waals surface area contributed by atoms with Crippen molar-refractivity contribution in [3.63, 3.8) is 0 Å². The molecular weight excluding hydrogens is 406 g/mol. The summed E-state index contributed by atoms with van der Waals surface area (Å²) in [6.07, 6.45) is 1.08. The summed E-state index contributed by atoms with van der Waals surface area (Å²) in [6.45, 7) is 9.53. The van der Waals surface area contributed by atoms with Gasteiger partial charge in [0.2, 0.25) is 15.9 Å². The Kier molecular flexibility index (Phi) is 6.71. The fourth-order valence-corrected chi connectivity index (χ4v) is 5.81. The summed E-state index contributed by atoms with van der Waals surface area (Å²) in [5, 5.41) is 0. The molecule has 2 heterocycles. The molecular formula is C21H31N3O5S. The van der Waals surface area contributed by atoms with Crippen LogP contribution in [0, 0.1) is 11.8 Å². The van der Waals surface area contributed by atoms with E-state index in [2.05, 4.69) is 13.8 Å². The molecule has 3 rings (SSSR count). The quantitative estimate of drug-likeness (QED) is 0.679. The van der Waals surface area contributed by atoms with E-state index < -0.39 is 10.0 Å². The van der Waals surface area contributed by atoms with Gasteiger partial charge in [0, 0.05) is 26.2 Å². The van der Waals surface area contributed by atoms with Gasteiger partial charge in [-0.25, -0.2) is 8.42 Å². The maximum atomic E-state index is 13.0. The third kappa shape index (κ3) is 4.46. The van der Waals surface area contributed by atoms with E-state index in [1.165, 1.54) is 21.3 Å². The lowest BCUT2D eigenvalue weighted by molar-refractivity contribution is -0.134. The number of ether oxygens (including phenoxy) is 1. The SMILES string of the molecule is CCN(CC)S(=O)(=O)c1ccc2c(c1)N(CC(=O)N1C[C@H](C)C[C@@H](C)C1)C(=O)CO2. The first-order valence-electron chi connectivity index (χ1n) is 10.5. The zero-order valence-electron chi connectivity index (χ0n) is 18.1. The van der Waals surface area contributed by atoms with Crippen LogP contribution in [0.2, 0.25) is 0 Å². The molecule has 2 atom stereocenters. The highest BCUT2D eigenvalue weighted by atomic mass is 32.2. The molecule has 1 aromatic rings. The van der Waals surface area contributed by atoms with E-state index in [1.807, 2.05) is 0 Å². The van der Waals surface area contributed by atoms with Crippen LogP contribution in [0.1, 0.15) is 34.1 Å². The van der Waals surface area contributed by atoms with Crippen molar-refractivity contribution in [2.24, 2.45) is 11.8 Å². The summed E-state index contributed by atoms with van der Waals surface area (Å²) < 4.78 is 32.7. The number of rotatable bonds is 6. The van der Waals surface area contributed by atoms with Gasteiger partial charge in [0.25, 0.3) is 5.91 Å². The van der Waals surface area contributed by atoms with Gasteiger partial charge in [-0.2, -0.15) is 4.31 Å². The minimum atomic E-state index is -3.69. The Labute approximate surface area is 178 Å². The number of amides is 2. The standard InChI is InChI=1S/C21H31N3O5S/c1-5-23(6-2)30(27,28)17-7-8-19-18(10-17)24(21(26)14-29-19)13-20(25)22-11-15(3)9-16(4)12-22/h7-8,10,15-16H,5-6,9,11-14H2,1-4H3/t15-,16-/m1/s1. The number of hydrogen-bond donors (Lipinski definition) is 0. The summed E-state index contributed by atoms with van der Waals surface area (Å²) in [6, 6.07) is 4.48. The molecule has 0 saturated carbocycles. The lowest BCUT2D eigenvalue weighted by Crippen LogP contribution is -2.50. The van der Waals surface area contributed by atoms with E-state index in [4.69, 9.17) is 4.74 Å². The molecule has 1 saturated heterocycles. The Hall–Kier alpha value is -2.13. The highest BCUT2D eigenvalue weighted by Crippen LogP contribution is 2.35.